The molecule has 0 aliphatic heterocycles. The van der Waals surface area contributed by atoms with Gasteiger partial charge in [0.25, 0.3) is 5.91 Å². The molecule has 1 heterocycles. The minimum atomic E-state index is -0.187. The molecular weight excluding hydrogens is 352 g/mol. The third-order valence-electron chi connectivity index (χ3n) is 4.28. The molecule has 1 amide bonds. The molecule has 0 bridgehead atoms. The molecule has 0 saturated heterocycles. The van der Waals surface area contributed by atoms with Gasteiger partial charge in [-0.15, -0.1) is 0 Å². The zero-order chi connectivity index (χ0) is 19.8. The normalized spacial score (nSPS) is 10.4. The highest BCUT2D eigenvalue weighted by Crippen LogP contribution is 2.12. The van der Waals surface area contributed by atoms with Crippen molar-refractivity contribution in [3.8, 4) is 5.75 Å². The SMILES string of the molecule is COc1cccc(CCNC(=O)c2cnc(NCc3cccc(C)c3)nc2)c1. The van der Waals surface area contributed by atoms with Gasteiger partial charge in [0, 0.05) is 25.5 Å². The Morgan fingerprint density at radius 3 is 2.54 bits per heavy atom. The van der Waals surface area contributed by atoms with E-state index in [1.165, 1.54) is 18.0 Å². The van der Waals surface area contributed by atoms with Gasteiger partial charge in [0.15, 0.2) is 0 Å². The van der Waals surface area contributed by atoms with Gasteiger partial charge in [-0.05, 0) is 36.6 Å². The molecule has 0 aliphatic carbocycles. The van der Waals surface area contributed by atoms with Crippen LogP contribution in [0.25, 0.3) is 0 Å². The first-order chi connectivity index (χ1) is 13.6. The maximum atomic E-state index is 12.2. The van der Waals surface area contributed by atoms with E-state index in [2.05, 4.69) is 39.7 Å². The Hall–Kier alpha value is -3.41. The standard InChI is InChI=1S/C22H24N4O2/c1-16-5-3-7-18(11-16)13-24-22-25-14-19(15-26-22)21(27)23-10-9-17-6-4-8-20(12-17)28-2/h3-8,11-12,14-15H,9-10,13H2,1-2H3,(H,23,27)(H,24,25,26). The summed E-state index contributed by atoms with van der Waals surface area (Å²) in [5, 5.41) is 6.05. The molecule has 1 aromatic heterocycles. The van der Waals surface area contributed by atoms with Crippen molar-refractivity contribution in [1.29, 1.82) is 0 Å². The summed E-state index contributed by atoms with van der Waals surface area (Å²) >= 11 is 0. The van der Waals surface area contributed by atoms with Gasteiger partial charge < -0.3 is 15.4 Å². The number of nitrogens with one attached hydrogen (secondary N) is 2. The molecule has 6 heteroatoms. The van der Waals surface area contributed by atoms with E-state index >= 15 is 0 Å². The zero-order valence-corrected chi connectivity index (χ0v) is 16.1. The van der Waals surface area contributed by atoms with E-state index in [0.717, 1.165) is 23.3 Å². The second kappa shape index (κ2) is 9.50. The van der Waals surface area contributed by atoms with E-state index < -0.39 is 0 Å². The van der Waals surface area contributed by atoms with Gasteiger partial charge in [0.1, 0.15) is 5.75 Å². The van der Waals surface area contributed by atoms with Crippen molar-refractivity contribution in [2.75, 3.05) is 19.0 Å². The van der Waals surface area contributed by atoms with Crippen LogP contribution in [0, 0.1) is 6.92 Å². The van der Waals surface area contributed by atoms with E-state index in [4.69, 9.17) is 4.74 Å². The Labute approximate surface area is 165 Å². The number of anilines is 1. The van der Waals surface area contributed by atoms with Crippen LogP contribution in [0.15, 0.2) is 60.9 Å². The number of methoxy groups -OCH3 is 1. The number of amides is 1. The lowest BCUT2D eigenvalue weighted by Crippen LogP contribution is -2.26. The molecule has 0 saturated carbocycles. The molecule has 28 heavy (non-hydrogen) atoms. The number of benzene rings is 2. The number of aromatic nitrogens is 2. The Kier molecular flexibility index (Phi) is 6.57. The van der Waals surface area contributed by atoms with Crippen molar-refractivity contribution < 1.29 is 9.53 Å². The van der Waals surface area contributed by atoms with Crippen molar-refractivity contribution in [2.24, 2.45) is 0 Å². The first kappa shape index (κ1) is 19.4. The third kappa shape index (κ3) is 5.54. The largest absolute Gasteiger partial charge is 0.497 e. The Morgan fingerprint density at radius 2 is 1.79 bits per heavy atom. The predicted octanol–water partition coefficient (Wildman–Crippen LogP) is 3.38. The molecule has 2 aromatic carbocycles. The maximum Gasteiger partial charge on any atom is 0.254 e. The van der Waals surface area contributed by atoms with Crippen LogP contribution in [0.2, 0.25) is 0 Å². The fourth-order valence-electron chi connectivity index (χ4n) is 2.79. The highest BCUT2D eigenvalue weighted by Gasteiger charge is 2.07. The number of ether oxygens (including phenoxy) is 1. The van der Waals surface area contributed by atoms with E-state index in [0.29, 0.717) is 24.6 Å². The number of hydrogen-bond acceptors (Lipinski definition) is 5. The minimum Gasteiger partial charge on any atom is -0.497 e. The van der Waals surface area contributed by atoms with E-state index in [9.17, 15) is 4.79 Å². The molecule has 6 nitrogen and oxygen atoms in total. The molecule has 3 aromatic rings. The van der Waals surface area contributed by atoms with Gasteiger partial charge in [-0.3, -0.25) is 4.79 Å². The second-order valence-electron chi connectivity index (χ2n) is 6.50. The van der Waals surface area contributed by atoms with Gasteiger partial charge >= 0.3 is 0 Å². The molecule has 2 N–H and O–H groups in total. The predicted molar refractivity (Wildman–Crippen MR) is 110 cm³/mol. The lowest BCUT2D eigenvalue weighted by atomic mass is 10.1. The second-order valence-corrected chi connectivity index (χ2v) is 6.50. The van der Waals surface area contributed by atoms with E-state index in [1.54, 1.807) is 7.11 Å². The van der Waals surface area contributed by atoms with Crippen LogP contribution < -0.4 is 15.4 Å². The Balaban J connectivity index is 1.47. The summed E-state index contributed by atoms with van der Waals surface area (Å²) in [6.07, 6.45) is 3.79. The quantitative estimate of drug-likeness (QED) is 0.630. The highest BCUT2D eigenvalue weighted by atomic mass is 16.5. The molecule has 0 fully saturated rings. The zero-order valence-electron chi connectivity index (χ0n) is 16.1. The lowest BCUT2D eigenvalue weighted by molar-refractivity contribution is 0.0953. The summed E-state index contributed by atoms with van der Waals surface area (Å²) in [4.78, 5) is 20.7. The fraction of sp³-hybridized carbons (Fsp3) is 0.227. The molecule has 0 unspecified atom stereocenters. The number of carbonyl (C=O) groups excluding carboxylic acids is 1. The van der Waals surface area contributed by atoms with Crippen LogP contribution in [0.5, 0.6) is 5.75 Å². The number of nitrogens with zero attached hydrogens (tertiary/aromatic N) is 2. The first-order valence-electron chi connectivity index (χ1n) is 9.16. The molecule has 0 radical (unpaired) electrons. The maximum absolute atomic E-state index is 12.2. The van der Waals surface area contributed by atoms with Crippen LogP contribution in [0.1, 0.15) is 27.0 Å². The van der Waals surface area contributed by atoms with Crippen molar-refractivity contribution in [3.63, 3.8) is 0 Å². The van der Waals surface area contributed by atoms with Gasteiger partial charge in [-0.1, -0.05) is 42.0 Å². The highest BCUT2D eigenvalue weighted by molar-refractivity contribution is 5.93. The average Bonchev–Trinajstić information content (AvgIpc) is 2.73. The van der Waals surface area contributed by atoms with Crippen LogP contribution >= 0.6 is 0 Å². The molecule has 0 atom stereocenters. The molecule has 144 valence electrons. The van der Waals surface area contributed by atoms with Crippen LogP contribution in [0.3, 0.4) is 0 Å². The summed E-state index contributed by atoms with van der Waals surface area (Å²) in [6.45, 7) is 3.22. The Bertz CT molecular complexity index is 926. The number of aryl methyl sites for hydroxylation is 1. The summed E-state index contributed by atoms with van der Waals surface area (Å²) in [7, 11) is 1.64. The summed E-state index contributed by atoms with van der Waals surface area (Å²) in [6, 6.07) is 16.0. The average molecular weight is 376 g/mol. The summed E-state index contributed by atoms with van der Waals surface area (Å²) in [5.41, 5.74) is 3.91. The molecule has 3 rings (SSSR count). The lowest BCUT2D eigenvalue weighted by Gasteiger charge is -2.08. The number of hydrogen-bond donors (Lipinski definition) is 2. The third-order valence-corrected chi connectivity index (χ3v) is 4.28. The molecular formula is C22H24N4O2. The van der Waals surface area contributed by atoms with Crippen LogP contribution in [-0.2, 0) is 13.0 Å². The number of carbonyl (C=O) groups is 1. The van der Waals surface area contributed by atoms with E-state index in [1.807, 2.05) is 36.4 Å². The van der Waals surface area contributed by atoms with Crippen LogP contribution in [0.4, 0.5) is 5.95 Å². The minimum absolute atomic E-state index is 0.187. The summed E-state index contributed by atoms with van der Waals surface area (Å²) in [5.74, 6) is 1.12. The fourth-order valence-corrected chi connectivity index (χ4v) is 2.79. The summed E-state index contributed by atoms with van der Waals surface area (Å²) < 4.78 is 5.21. The van der Waals surface area contributed by atoms with Crippen molar-refractivity contribution in [3.05, 3.63) is 83.2 Å². The first-order valence-corrected chi connectivity index (χ1v) is 9.16. The molecule has 0 spiro atoms. The smallest absolute Gasteiger partial charge is 0.254 e. The van der Waals surface area contributed by atoms with Gasteiger partial charge in [-0.2, -0.15) is 0 Å². The van der Waals surface area contributed by atoms with Crippen molar-refractivity contribution >= 4 is 11.9 Å². The topological polar surface area (TPSA) is 76.1 Å². The van der Waals surface area contributed by atoms with Gasteiger partial charge in [0.05, 0.1) is 12.7 Å². The number of rotatable bonds is 8. The van der Waals surface area contributed by atoms with E-state index in [-0.39, 0.29) is 5.91 Å². The molecule has 0 aliphatic rings. The Morgan fingerprint density at radius 1 is 1.04 bits per heavy atom. The van der Waals surface area contributed by atoms with Crippen molar-refractivity contribution in [2.45, 2.75) is 19.9 Å². The van der Waals surface area contributed by atoms with Crippen LogP contribution in [-0.4, -0.2) is 29.5 Å². The van der Waals surface area contributed by atoms with Crippen molar-refractivity contribution in [1.82, 2.24) is 15.3 Å². The monoisotopic (exact) mass is 376 g/mol. The van der Waals surface area contributed by atoms with Gasteiger partial charge in [-0.25, -0.2) is 9.97 Å². The van der Waals surface area contributed by atoms with Gasteiger partial charge in [0.2, 0.25) is 5.95 Å².